The maximum Gasteiger partial charge on any atom is 0.229 e. The summed E-state index contributed by atoms with van der Waals surface area (Å²) < 4.78 is 7.62. The molecule has 30 heavy (non-hydrogen) atoms. The minimum Gasteiger partial charge on any atom is -0.381 e. The molecule has 0 unspecified atom stereocenters. The van der Waals surface area contributed by atoms with E-state index in [9.17, 15) is 0 Å². The first-order valence-electron chi connectivity index (χ1n) is 10.5. The van der Waals surface area contributed by atoms with Crippen LogP contribution >= 0.6 is 12.6 Å². The molecule has 5 rings (SSSR count). The van der Waals surface area contributed by atoms with Gasteiger partial charge in [0.05, 0.1) is 6.20 Å². The fourth-order valence-electron chi connectivity index (χ4n) is 4.17. The third-order valence-electron chi connectivity index (χ3n) is 5.96. The molecule has 2 aliphatic rings. The molecule has 2 aliphatic heterocycles. The number of nitrogens with one attached hydrogen (secondary N) is 1. The van der Waals surface area contributed by atoms with Crippen LogP contribution in [0.15, 0.2) is 35.6 Å². The third kappa shape index (κ3) is 3.97. The van der Waals surface area contributed by atoms with E-state index in [1.54, 1.807) is 6.20 Å². The Morgan fingerprint density at radius 3 is 2.50 bits per heavy atom. The molecule has 8 nitrogen and oxygen atoms in total. The highest BCUT2D eigenvalue weighted by molar-refractivity contribution is 7.80. The molecule has 0 atom stereocenters. The summed E-state index contributed by atoms with van der Waals surface area (Å²) >= 11 is 4.58. The van der Waals surface area contributed by atoms with E-state index in [0.717, 1.165) is 69.1 Å². The van der Waals surface area contributed by atoms with Crippen molar-refractivity contribution in [2.45, 2.75) is 24.0 Å². The number of hydrogen-bond donors (Lipinski definition) is 2. The van der Waals surface area contributed by atoms with Gasteiger partial charge >= 0.3 is 0 Å². The lowest BCUT2D eigenvalue weighted by molar-refractivity contribution is 0.0684. The predicted octanol–water partition coefficient (Wildman–Crippen LogP) is 2.96. The lowest BCUT2D eigenvalue weighted by Crippen LogP contribution is -2.44. The second-order valence-corrected chi connectivity index (χ2v) is 8.39. The Kier molecular flexibility index (Phi) is 5.49. The van der Waals surface area contributed by atoms with Crippen LogP contribution in [0.2, 0.25) is 0 Å². The maximum atomic E-state index is 5.50. The Hall–Kier alpha value is -2.36. The normalized spacial score (nSPS) is 18.8. The number of piperazine rings is 1. The number of ether oxygens (including phenoxy) is 1. The summed E-state index contributed by atoms with van der Waals surface area (Å²) in [5, 5.41) is 4.01. The van der Waals surface area contributed by atoms with Gasteiger partial charge in [0.2, 0.25) is 5.95 Å². The van der Waals surface area contributed by atoms with Gasteiger partial charge in [0.25, 0.3) is 0 Å². The van der Waals surface area contributed by atoms with E-state index in [-0.39, 0.29) is 0 Å². The number of benzene rings is 1. The van der Waals surface area contributed by atoms with Gasteiger partial charge in [-0.2, -0.15) is 4.98 Å². The number of fused-ring (bicyclic) bond motifs is 1. The summed E-state index contributed by atoms with van der Waals surface area (Å²) in [5.74, 6) is 0.566. The molecule has 1 aromatic carbocycles. The van der Waals surface area contributed by atoms with Gasteiger partial charge in [-0.15, -0.1) is 12.6 Å². The Labute approximate surface area is 181 Å². The van der Waals surface area contributed by atoms with Gasteiger partial charge in [0.15, 0.2) is 10.8 Å². The number of hydrogen-bond acceptors (Lipinski definition) is 8. The first-order chi connectivity index (χ1) is 14.7. The van der Waals surface area contributed by atoms with Gasteiger partial charge in [0.1, 0.15) is 5.52 Å². The molecule has 2 fully saturated rings. The average Bonchev–Trinajstić information content (AvgIpc) is 3.10. The van der Waals surface area contributed by atoms with Crippen molar-refractivity contribution in [2.24, 2.45) is 0 Å². The Morgan fingerprint density at radius 1 is 1.03 bits per heavy atom. The molecule has 4 heterocycles. The first kappa shape index (κ1) is 19.6. The number of nitrogens with zero attached hydrogens (tertiary/aromatic N) is 6. The van der Waals surface area contributed by atoms with Crippen LogP contribution in [0.1, 0.15) is 18.9 Å². The molecular weight excluding hydrogens is 398 g/mol. The summed E-state index contributed by atoms with van der Waals surface area (Å²) in [6.45, 7) is 5.83. The van der Waals surface area contributed by atoms with E-state index < -0.39 is 0 Å². The summed E-state index contributed by atoms with van der Waals surface area (Å²) in [7, 11) is 2.17. The molecule has 1 N–H and O–H groups in total. The minimum atomic E-state index is 0.307. The zero-order valence-electron chi connectivity index (χ0n) is 17.2. The van der Waals surface area contributed by atoms with Crippen LogP contribution in [-0.4, -0.2) is 70.9 Å². The molecule has 0 aliphatic carbocycles. The lowest BCUT2D eigenvalue weighted by atomic mass is 10.1. The van der Waals surface area contributed by atoms with Crippen LogP contribution in [-0.2, 0) is 4.74 Å². The lowest BCUT2D eigenvalue weighted by Gasteiger charge is -2.34. The predicted molar refractivity (Wildman–Crippen MR) is 121 cm³/mol. The van der Waals surface area contributed by atoms with E-state index in [4.69, 9.17) is 9.72 Å². The molecular formula is C21H27N7OS. The highest BCUT2D eigenvalue weighted by atomic mass is 32.1. The quantitative estimate of drug-likeness (QED) is 0.623. The van der Waals surface area contributed by atoms with Crippen molar-refractivity contribution in [3.63, 3.8) is 0 Å². The van der Waals surface area contributed by atoms with Gasteiger partial charge in [-0.05, 0) is 44.2 Å². The van der Waals surface area contributed by atoms with Gasteiger partial charge in [0, 0.05) is 56.8 Å². The van der Waals surface area contributed by atoms with Crippen LogP contribution in [0, 0.1) is 0 Å². The van der Waals surface area contributed by atoms with Crippen LogP contribution < -0.4 is 10.2 Å². The molecule has 3 aromatic rings. The van der Waals surface area contributed by atoms with Gasteiger partial charge in [-0.1, -0.05) is 0 Å². The Balaban J connectivity index is 1.35. The molecule has 0 saturated carbocycles. The third-order valence-corrected chi connectivity index (χ3v) is 6.28. The standard InChI is InChI=1S/C21H27N7OS/c1-26-8-10-27(11-9-26)16-4-2-15(3-5-16)23-20-22-14-18-19(25-20)28(21(30)24-18)17-6-12-29-13-7-17/h2-5,14,17H,6-13H2,1H3,(H,24,30)(H,22,23,25). The van der Waals surface area contributed by atoms with Crippen molar-refractivity contribution in [2.75, 3.05) is 56.7 Å². The Morgan fingerprint density at radius 2 is 1.77 bits per heavy atom. The molecule has 0 bridgehead atoms. The van der Waals surface area contributed by atoms with E-state index in [2.05, 4.69) is 73.6 Å². The maximum absolute atomic E-state index is 5.50. The van der Waals surface area contributed by atoms with E-state index in [0.29, 0.717) is 17.1 Å². The van der Waals surface area contributed by atoms with Crippen molar-refractivity contribution in [3.05, 3.63) is 30.5 Å². The fourth-order valence-corrected chi connectivity index (χ4v) is 4.53. The molecule has 2 saturated heterocycles. The molecule has 0 spiro atoms. The van der Waals surface area contributed by atoms with Gasteiger partial charge in [-0.25, -0.2) is 9.97 Å². The number of likely N-dealkylation sites (N-methyl/N-ethyl adjacent to an activating group) is 1. The molecule has 158 valence electrons. The van der Waals surface area contributed by atoms with Crippen molar-refractivity contribution in [1.82, 2.24) is 24.4 Å². The van der Waals surface area contributed by atoms with Gasteiger partial charge in [-0.3, -0.25) is 0 Å². The Bertz CT molecular complexity index is 1010. The first-order valence-corrected chi connectivity index (χ1v) is 10.9. The fraction of sp³-hybridized carbons (Fsp3) is 0.476. The molecule has 9 heteroatoms. The highest BCUT2D eigenvalue weighted by Gasteiger charge is 2.22. The van der Waals surface area contributed by atoms with Crippen molar-refractivity contribution in [3.8, 4) is 0 Å². The number of rotatable bonds is 4. The minimum absolute atomic E-state index is 0.307. The summed E-state index contributed by atoms with van der Waals surface area (Å²) in [6.07, 6.45) is 3.65. The van der Waals surface area contributed by atoms with Crippen LogP contribution in [0.25, 0.3) is 11.2 Å². The van der Waals surface area contributed by atoms with Crippen molar-refractivity contribution >= 4 is 41.1 Å². The molecule has 0 radical (unpaired) electrons. The largest absolute Gasteiger partial charge is 0.381 e. The van der Waals surface area contributed by atoms with Gasteiger partial charge < -0.3 is 24.4 Å². The number of imidazole rings is 1. The number of aromatic nitrogens is 4. The van der Waals surface area contributed by atoms with E-state index in [1.807, 2.05) is 0 Å². The SMILES string of the molecule is CN1CCN(c2ccc(Nc3ncc4nc(S)n(C5CCOCC5)c4n3)cc2)CC1. The monoisotopic (exact) mass is 425 g/mol. The van der Waals surface area contributed by atoms with E-state index in [1.165, 1.54) is 5.69 Å². The highest BCUT2D eigenvalue weighted by Crippen LogP contribution is 2.29. The van der Waals surface area contributed by atoms with Crippen molar-refractivity contribution in [1.29, 1.82) is 0 Å². The average molecular weight is 426 g/mol. The summed E-state index contributed by atoms with van der Waals surface area (Å²) in [5.41, 5.74) is 3.80. The molecule has 2 aromatic heterocycles. The summed E-state index contributed by atoms with van der Waals surface area (Å²) in [4.78, 5) is 18.5. The zero-order chi connectivity index (χ0) is 20.5. The van der Waals surface area contributed by atoms with Crippen molar-refractivity contribution < 1.29 is 4.74 Å². The number of thiol groups is 1. The second kappa shape index (κ2) is 8.41. The molecule has 0 amide bonds. The smallest absolute Gasteiger partial charge is 0.229 e. The zero-order valence-corrected chi connectivity index (χ0v) is 18.1. The number of anilines is 3. The second-order valence-electron chi connectivity index (χ2n) is 7.99. The van der Waals surface area contributed by atoms with Crippen LogP contribution in [0.4, 0.5) is 17.3 Å². The summed E-state index contributed by atoms with van der Waals surface area (Å²) in [6, 6.07) is 8.79. The van der Waals surface area contributed by atoms with E-state index >= 15 is 0 Å². The van der Waals surface area contributed by atoms with Crippen LogP contribution in [0.3, 0.4) is 0 Å². The topological polar surface area (TPSA) is 71.3 Å². The van der Waals surface area contributed by atoms with Crippen LogP contribution in [0.5, 0.6) is 0 Å².